The van der Waals surface area contributed by atoms with Crippen LogP contribution >= 0.6 is 11.8 Å². The van der Waals surface area contributed by atoms with Crippen LogP contribution in [0.5, 0.6) is 0 Å². The van der Waals surface area contributed by atoms with Crippen LogP contribution in [-0.4, -0.2) is 21.8 Å². The van der Waals surface area contributed by atoms with Crippen molar-refractivity contribution in [3.8, 4) is 0 Å². The van der Waals surface area contributed by atoms with Crippen LogP contribution in [0.1, 0.15) is 30.8 Å². The maximum Gasteiger partial charge on any atom is 0.0669 e. The Bertz CT molecular complexity index is 307. The molecule has 3 nitrogen and oxygen atoms in total. The molecule has 0 radical (unpaired) electrons. The number of nitrogens with two attached hydrogens (primary N) is 1. The second kappa shape index (κ2) is 6.18. The van der Waals surface area contributed by atoms with E-state index in [-0.39, 0.29) is 0 Å². The van der Waals surface area contributed by atoms with Crippen molar-refractivity contribution < 1.29 is 0 Å². The molecule has 0 aromatic carbocycles. The Morgan fingerprint density at radius 3 is 2.53 bits per heavy atom. The molecule has 0 atom stereocenters. The van der Waals surface area contributed by atoms with Gasteiger partial charge in [0.25, 0.3) is 0 Å². The fourth-order valence-electron chi connectivity index (χ4n) is 1.87. The number of aromatic nitrogens is 2. The average molecular weight is 227 g/mol. The van der Waals surface area contributed by atoms with Crippen LogP contribution in [0, 0.1) is 0 Å². The molecular weight excluding hydrogens is 206 g/mol. The summed E-state index contributed by atoms with van der Waals surface area (Å²) in [6.07, 6.45) is 4.12. The molecule has 0 unspecified atom stereocenters. The lowest BCUT2D eigenvalue weighted by atomic mass is 10.1. The van der Waals surface area contributed by atoms with Gasteiger partial charge in [-0.2, -0.15) is 16.9 Å². The van der Waals surface area contributed by atoms with Crippen LogP contribution in [-0.2, 0) is 25.9 Å². The fraction of sp³-hybridized carbons (Fsp3) is 0.727. The van der Waals surface area contributed by atoms with E-state index in [0.717, 1.165) is 25.1 Å². The number of rotatable bonds is 6. The second-order valence-electron chi connectivity index (χ2n) is 3.50. The first-order valence-electron chi connectivity index (χ1n) is 5.54. The minimum absolute atomic E-state index is 0.617. The van der Waals surface area contributed by atoms with Crippen LogP contribution in [0.15, 0.2) is 0 Å². The third-order valence-corrected chi connectivity index (χ3v) is 3.22. The van der Waals surface area contributed by atoms with E-state index in [1.54, 1.807) is 0 Å². The summed E-state index contributed by atoms with van der Waals surface area (Å²) in [6, 6.07) is 0. The number of thioether (sulfide) groups is 1. The average Bonchev–Trinajstić information content (AvgIpc) is 2.62. The maximum absolute atomic E-state index is 5.79. The summed E-state index contributed by atoms with van der Waals surface area (Å²) in [7, 11) is 0. The SMILES string of the molecule is CCc1nn(CCSC)c(CC)c1CN. The first kappa shape index (κ1) is 12.6. The largest absolute Gasteiger partial charge is 0.326 e. The van der Waals surface area contributed by atoms with E-state index in [0.29, 0.717) is 6.54 Å². The van der Waals surface area contributed by atoms with Gasteiger partial charge in [0.15, 0.2) is 0 Å². The van der Waals surface area contributed by atoms with E-state index < -0.39 is 0 Å². The van der Waals surface area contributed by atoms with Crippen molar-refractivity contribution in [3.05, 3.63) is 17.0 Å². The van der Waals surface area contributed by atoms with Crippen molar-refractivity contribution in [3.63, 3.8) is 0 Å². The minimum atomic E-state index is 0.617. The quantitative estimate of drug-likeness (QED) is 0.806. The molecule has 0 spiro atoms. The first-order valence-corrected chi connectivity index (χ1v) is 6.94. The highest BCUT2D eigenvalue weighted by atomic mass is 32.2. The Balaban J connectivity index is 2.98. The highest BCUT2D eigenvalue weighted by Crippen LogP contribution is 2.16. The lowest BCUT2D eigenvalue weighted by Gasteiger charge is -2.05. The molecule has 0 aliphatic rings. The van der Waals surface area contributed by atoms with E-state index in [1.807, 2.05) is 11.8 Å². The van der Waals surface area contributed by atoms with E-state index in [2.05, 4.69) is 29.9 Å². The summed E-state index contributed by atoms with van der Waals surface area (Å²) in [5.74, 6) is 1.11. The predicted octanol–water partition coefficient (Wildman–Crippen LogP) is 1.83. The highest BCUT2D eigenvalue weighted by molar-refractivity contribution is 7.98. The topological polar surface area (TPSA) is 43.8 Å². The Morgan fingerprint density at radius 1 is 1.33 bits per heavy atom. The third kappa shape index (κ3) is 2.75. The summed E-state index contributed by atoms with van der Waals surface area (Å²) < 4.78 is 2.14. The molecule has 0 aliphatic carbocycles. The van der Waals surface area contributed by atoms with Crippen LogP contribution in [0.2, 0.25) is 0 Å². The van der Waals surface area contributed by atoms with Gasteiger partial charge in [-0.3, -0.25) is 4.68 Å². The van der Waals surface area contributed by atoms with Gasteiger partial charge in [-0.05, 0) is 19.1 Å². The molecule has 15 heavy (non-hydrogen) atoms. The van der Waals surface area contributed by atoms with E-state index >= 15 is 0 Å². The molecule has 0 bridgehead atoms. The van der Waals surface area contributed by atoms with E-state index in [4.69, 9.17) is 5.73 Å². The summed E-state index contributed by atoms with van der Waals surface area (Å²) >= 11 is 1.85. The zero-order valence-electron chi connectivity index (χ0n) is 9.92. The molecule has 1 rings (SSSR count). The Hall–Kier alpha value is -0.480. The van der Waals surface area contributed by atoms with Crippen LogP contribution < -0.4 is 5.73 Å². The van der Waals surface area contributed by atoms with Gasteiger partial charge in [-0.1, -0.05) is 13.8 Å². The molecule has 0 amide bonds. The van der Waals surface area contributed by atoms with Crippen LogP contribution in [0.25, 0.3) is 0 Å². The van der Waals surface area contributed by atoms with E-state index in [1.165, 1.54) is 17.0 Å². The number of hydrogen-bond acceptors (Lipinski definition) is 3. The fourth-order valence-corrected chi connectivity index (χ4v) is 2.22. The molecule has 1 heterocycles. The van der Waals surface area contributed by atoms with Crippen molar-refractivity contribution in [1.29, 1.82) is 0 Å². The number of nitrogens with zero attached hydrogens (tertiary/aromatic N) is 2. The lowest BCUT2D eigenvalue weighted by molar-refractivity contribution is 0.622. The molecular formula is C11H21N3S. The van der Waals surface area contributed by atoms with Gasteiger partial charge in [-0.15, -0.1) is 0 Å². The smallest absolute Gasteiger partial charge is 0.0669 e. The Kier molecular flexibility index (Phi) is 5.19. The monoisotopic (exact) mass is 227 g/mol. The van der Waals surface area contributed by atoms with Gasteiger partial charge in [0.05, 0.1) is 12.2 Å². The van der Waals surface area contributed by atoms with Crippen molar-refractivity contribution in [2.45, 2.75) is 39.8 Å². The van der Waals surface area contributed by atoms with Gasteiger partial charge in [0.2, 0.25) is 0 Å². The summed E-state index contributed by atoms with van der Waals surface area (Å²) in [5, 5.41) is 4.63. The van der Waals surface area contributed by atoms with Crippen LogP contribution in [0.3, 0.4) is 0 Å². The van der Waals surface area contributed by atoms with Gasteiger partial charge in [-0.25, -0.2) is 0 Å². The van der Waals surface area contributed by atoms with Gasteiger partial charge < -0.3 is 5.73 Å². The highest BCUT2D eigenvalue weighted by Gasteiger charge is 2.13. The first-order chi connectivity index (χ1) is 7.28. The number of aryl methyl sites for hydroxylation is 2. The second-order valence-corrected chi connectivity index (χ2v) is 4.48. The summed E-state index contributed by atoms with van der Waals surface area (Å²) in [6.45, 7) is 5.92. The zero-order valence-corrected chi connectivity index (χ0v) is 10.7. The molecule has 1 aromatic rings. The maximum atomic E-state index is 5.79. The number of hydrogen-bond donors (Lipinski definition) is 1. The summed E-state index contributed by atoms with van der Waals surface area (Å²) in [4.78, 5) is 0. The van der Waals surface area contributed by atoms with Gasteiger partial charge >= 0.3 is 0 Å². The van der Waals surface area contributed by atoms with Crippen molar-refractivity contribution in [2.24, 2.45) is 5.73 Å². The molecule has 86 valence electrons. The van der Waals surface area contributed by atoms with Crippen molar-refractivity contribution in [1.82, 2.24) is 9.78 Å². The predicted molar refractivity (Wildman–Crippen MR) is 67.3 cm³/mol. The minimum Gasteiger partial charge on any atom is -0.326 e. The molecule has 0 aliphatic heterocycles. The molecule has 0 saturated carbocycles. The van der Waals surface area contributed by atoms with Gasteiger partial charge in [0, 0.05) is 23.6 Å². The van der Waals surface area contributed by atoms with Crippen LogP contribution in [0.4, 0.5) is 0 Å². The molecule has 0 fully saturated rings. The van der Waals surface area contributed by atoms with Crippen molar-refractivity contribution in [2.75, 3.05) is 12.0 Å². The normalized spacial score (nSPS) is 10.9. The zero-order chi connectivity index (χ0) is 11.3. The molecule has 2 N–H and O–H groups in total. The molecule has 1 aromatic heterocycles. The Labute approximate surface area is 96.4 Å². The molecule has 0 saturated heterocycles. The third-order valence-electron chi connectivity index (χ3n) is 2.63. The van der Waals surface area contributed by atoms with Crippen molar-refractivity contribution >= 4 is 11.8 Å². The molecule has 4 heteroatoms. The standard InChI is InChI=1S/C11H21N3S/c1-4-10-9(8-12)11(5-2)14(13-10)6-7-15-3/h4-8,12H2,1-3H3. The Morgan fingerprint density at radius 2 is 2.07 bits per heavy atom. The van der Waals surface area contributed by atoms with E-state index in [9.17, 15) is 0 Å². The van der Waals surface area contributed by atoms with Gasteiger partial charge in [0.1, 0.15) is 0 Å². The lowest BCUT2D eigenvalue weighted by Crippen LogP contribution is -2.08. The summed E-state index contributed by atoms with van der Waals surface area (Å²) in [5.41, 5.74) is 9.55.